The summed E-state index contributed by atoms with van der Waals surface area (Å²) < 4.78 is 6.70. The van der Waals surface area contributed by atoms with E-state index in [1.807, 2.05) is 6.07 Å². The molecule has 0 radical (unpaired) electrons. The van der Waals surface area contributed by atoms with Gasteiger partial charge in [0, 0.05) is 39.4 Å². The van der Waals surface area contributed by atoms with Gasteiger partial charge in [-0.2, -0.15) is 0 Å². The molecule has 9 aromatic carbocycles. The number of anilines is 3. The molecule has 2 heteroatoms. The van der Waals surface area contributed by atoms with Crippen LogP contribution in [-0.4, -0.2) is 0 Å². The molecule has 3 aliphatic carbocycles. The molecule has 272 valence electrons. The van der Waals surface area contributed by atoms with Gasteiger partial charge in [0.25, 0.3) is 0 Å². The maximum absolute atomic E-state index is 6.70. The van der Waals surface area contributed by atoms with Gasteiger partial charge in [0.1, 0.15) is 11.2 Å². The number of benzene rings is 9. The summed E-state index contributed by atoms with van der Waals surface area (Å²) in [7, 11) is 0. The average molecular weight is 740 g/mol. The van der Waals surface area contributed by atoms with Crippen molar-refractivity contribution in [1.82, 2.24) is 0 Å². The lowest BCUT2D eigenvalue weighted by Gasteiger charge is -2.45. The Morgan fingerprint density at radius 2 is 0.862 bits per heavy atom. The molecule has 1 heterocycles. The first-order valence-corrected chi connectivity index (χ1v) is 20.2. The van der Waals surface area contributed by atoms with Gasteiger partial charge in [-0.05, 0) is 86.0 Å². The van der Waals surface area contributed by atoms with E-state index in [1.165, 1.54) is 61.3 Å². The second-order valence-corrected chi connectivity index (χ2v) is 15.5. The summed E-state index contributed by atoms with van der Waals surface area (Å²) in [5.74, 6) is 0.160. The van der Waals surface area contributed by atoms with Crippen LogP contribution < -0.4 is 4.90 Å². The first-order chi connectivity index (χ1) is 28.8. The van der Waals surface area contributed by atoms with Crippen LogP contribution in [0.3, 0.4) is 0 Å². The Morgan fingerprint density at radius 1 is 0.328 bits per heavy atom. The van der Waals surface area contributed by atoms with Gasteiger partial charge in [-0.15, -0.1) is 0 Å². The van der Waals surface area contributed by atoms with E-state index in [4.69, 9.17) is 4.42 Å². The average Bonchev–Trinajstić information content (AvgIpc) is 3.69. The number of hydrogen-bond donors (Lipinski definition) is 0. The second-order valence-electron chi connectivity index (χ2n) is 15.5. The number of rotatable bonds is 6. The van der Waals surface area contributed by atoms with Crippen molar-refractivity contribution in [2.45, 2.75) is 11.8 Å². The number of furan rings is 1. The summed E-state index contributed by atoms with van der Waals surface area (Å²) >= 11 is 0. The molecule has 2 nitrogen and oxygen atoms in total. The highest BCUT2D eigenvalue weighted by Crippen LogP contribution is 2.61. The lowest BCUT2D eigenvalue weighted by Crippen LogP contribution is -2.30. The zero-order valence-corrected chi connectivity index (χ0v) is 31.7. The van der Waals surface area contributed by atoms with E-state index in [0.29, 0.717) is 0 Å². The molecule has 0 N–H and O–H groups in total. The van der Waals surface area contributed by atoms with Crippen LogP contribution in [0.15, 0.2) is 217 Å². The van der Waals surface area contributed by atoms with Crippen molar-refractivity contribution in [2.24, 2.45) is 0 Å². The Labute approximate surface area is 337 Å². The molecule has 0 aliphatic heterocycles. The first-order valence-electron chi connectivity index (χ1n) is 20.2. The van der Waals surface area contributed by atoms with E-state index in [2.05, 4.69) is 211 Å². The van der Waals surface area contributed by atoms with Crippen LogP contribution in [0.5, 0.6) is 0 Å². The Bertz CT molecular complexity index is 3130. The summed E-state index contributed by atoms with van der Waals surface area (Å²) in [4.78, 5) is 2.52. The number of hydrogen-bond acceptors (Lipinski definition) is 2. The minimum atomic E-state index is 0.0584. The van der Waals surface area contributed by atoms with Crippen molar-refractivity contribution in [3.8, 4) is 33.4 Å². The Morgan fingerprint density at radius 3 is 1.57 bits per heavy atom. The molecule has 2 bridgehead atoms. The summed E-state index contributed by atoms with van der Waals surface area (Å²) in [5, 5.41) is 2.25. The van der Waals surface area contributed by atoms with Crippen molar-refractivity contribution in [2.75, 3.05) is 4.90 Å². The van der Waals surface area contributed by atoms with Gasteiger partial charge in [0.2, 0.25) is 0 Å². The van der Waals surface area contributed by atoms with Crippen molar-refractivity contribution >= 4 is 39.0 Å². The molecule has 13 rings (SSSR count). The topological polar surface area (TPSA) is 16.4 Å². The van der Waals surface area contributed by atoms with Gasteiger partial charge in [-0.25, -0.2) is 0 Å². The van der Waals surface area contributed by atoms with E-state index in [1.54, 1.807) is 0 Å². The Kier molecular flexibility index (Phi) is 7.39. The quantitative estimate of drug-likeness (QED) is 0.169. The lowest BCUT2D eigenvalue weighted by atomic mass is 9.59. The maximum atomic E-state index is 6.70. The van der Waals surface area contributed by atoms with Crippen molar-refractivity contribution in [3.63, 3.8) is 0 Å². The van der Waals surface area contributed by atoms with Gasteiger partial charge in [-0.3, -0.25) is 0 Å². The molecule has 0 spiro atoms. The van der Waals surface area contributed by atoms with E-state index < -0.39 is 0 Å². The van der Waals surface area contributed by atoms with E-state index in [0.717, 1.165) is 44.4 Å². The maximum Gasteiger partial charge on any atom is 0.143 e. The van der Waals surface area contributed by atoms with E-state index in [9.17, 15) is 0 Å². The minimum absolute atomic E-state index is 0.0584. The molecule has 0 unspecified atom stereocenters. The molecule has 3 aliphatic rings. The predicted octanol–water partition coefficient (Wildman–Crippen LogP) is 15.0. The van der Waals surface area contributed by atoms with Crippen LogP contribution in [0.2, 0.25) is 0 Å². The number of nitrogens with zero attached hydrogens (tertiary/aromatic N) is 1. The van der Waals surface area contributed by atoms with Crippen molar-refractivity contribution in [3.05, 3.63) is 246 Å². The number of para-hydroxylation sites is 3. The minimum Gasteiger partial charge on any atom is -0.455 e. The Balaban J connectivity index is 1.16. The predicted molar refractivity (Wildman–Crippen MR) is 239 cm³/mol. The SMILES string of the molecule is c1ccc(-c2ccc(N(c3ccccc3-c3cccc4c3oc3ccccc34)c3ccc(-c4ccccc4)c4c3C3c5ccccc5C4c4ccccc43)cc2)cc1. The van der Waals surface area contributed by atoms with Crippen LogP contribution in [-0.2, 0) is 0 Å². The highest BCUT2D eigenvalue weighted by molar-refractivity contribution is 6.11. The lowest BCUT2D eigenvalue weighted by molar-refractivity contribution is 0.670. The van der Waals surface area contributed by atoms with Crippen LogP contribution in [0.4, 0.5) is 17.1 Å². The molecule has 10 aromatic rings. The standard InChI is InChI=1S/C56H37NO/c1-3-16-36(17-4-1)37-30-32-39(33-31-37)57(49-28-13-11-20-41(49)47-26-15-27-48-42-21-12-14-29-51(42)58-56(47)48)50-35-34-40(38-18-5-2-6-19-38)54-52-43-22-7-9-24-45(43)53(55(50)54)46-25-10-8-23-44(46)52/h1-35,52-53H. The largest absolute Gasteiger partial charge is 0.455 e. The van der Waals surface area contributed by atoms with Crippen LogP contribution >= 0.6 is 0 Å². The number of fused-ring (bicyclic) bond motifs is 3. The zero-order chi connectivity index (χ0) is 38.2. The van der Waals surface area contributed by atoms with Gasteiger partial charge in [0.15, 0.2) is 0 Å². The van der Waals surface area contributed by atoms with Gasteiger partial charge < -0.3 is 9.32 Å². The third-order valence-electron chi connectivity index (χ3n) is 12.5. The summed E-state index contributed by atoms with van der Waals surface area (Å²) in [5.41, 5.74) is 20.6. The molecular formula is C56H37NO. The molecule has 0 fully saturated rings. The molecule has 0 saturated heterocycles. The van der Waals surface area contributed by atoms with Gasteiger partial charge in [-0.1, -0.05) is 182 Å². The highest BCUT2D eigenvalue weighted by Gasteiger charge is 2.44. The van der Waals surface area contributed by atoms with E-state index >= 15 is 0 Å². The normalized spacial score (nSPS) is 14.9. The molecule has 58 heavy (non-hydrogen) atoms. The molecular weight excluding hydrogens is 703 g/mol. The molecule has 0 saturated carbocycles. The monoisotopic (exact) mass is 739 g/mol. The van der Waals surface area contributed by atoms with Crippen molar-refractivity contribution < 1.29 is 4.42 Å². The smallest absolute Gasteiger partial charge is 0.143 e. The van der Waals surface area contributed by atoms with Crippen LogP contribution in [0.1, 0.15) is 45.2 Å². The van der Waals surface area contributed by atoms with Crippen LogP contribution in [0.25, 0.3) is 55.3 Å². The van der Waals surface area contributed by atoms with Gasteiger partial charge >= 0.3 is 0 Å². The van der Waals surface area contributed by atoms with Gasteiger partial charge in [0.05, 0.1) is 11.4 Å². The van der Waals surface area contributed by atoms with Crippen LogP contribution in [0, 0.1) is 0 Å². The fourth-order valence-electron chi connectivity index (χ4n) is 10.0. The van der Waals surface area contributed by atoms with Crippen molar-refractivity contribution in [1.29, 1.82) is 0 Å². The summed E-state index contributed by atoms with van der Waals surface area (Å²) in [6.45, 7) is 0. The highest BCUT2D eigenvalue weighted by atomic mass is 16.3. The fraction of sp³-hybridized carbons (Fsp3) is 0.0357. The molecule has 1 aromatic heterocycles. The third kappa shape index (κ3) is 4.92. The summed E-state index contributed by atoms with van der Waals surface area (Å²) in [6.07, 6.45) is 0. The third-order valence-corrected chi connectivity index (χ3v) is 12.5. The van der Waals surface area contributed by atoms with E-state index in [-0.39, 0.29) is 11.8 Å². The second kappa shape index (κ2) is 13.1. The summed E-state index contributed by atoms with van der Waals surface area (Å²) in [6, 6.07) is 77.6. The molecule has 0 amide bonds. The fourth-order valence-corrected chi connectivity index (χ4v) is 10.0. The molecule has 0 atom stereocenters. The Hall–Kier alpha value is -7.42. The first kappa shape index (κ1) is 32.8. The zero-order valence-electron chi connectivity index (χ0n) is 31.7.